The minimum absolute atomic E-state index is 0.0752. The van der Waals surface area contributed by atoms with Crippen LogP contribution in [0.3, 0.4) is 0 Å². The van der Waals surface area contributed by atoms with Gasteiger partial charge in [0.05, 0.1) is 5.56 Å². The van der Waals surface area contributed by atoms with Crippen LogP contribution in [-0.4, -0.2) is 30.9 Å². The zero-order chi connectivity index (χ0) is 15.2. The maximum Gasteiger partial charge on any atom is 0.255 e. The van der Waals surface area contributed by atoms with E-state index in [1.165, 1.54) is 4.88 Å². The molecule has 3 nitrogen and oxygen atoms in total. The predicted molar refractivity (Wildman–Crippen MR) is 90.3 cm³/mol. The van der Waals surface area contributed by atoms with Crippen LogP contribution >= 0.6 is 11.3 Å². The van der Waals surface area contributed by atoms with Gasteiger partial charge in [-0.3, -0.25) is 4.79 Å². The number of rotatable bonds is 6. The van der Waals surface area contributed by atoms with E-state index in [1.807, 2.05) is 45.2 Å². The first kappa shape index (κ1) is 15.6. The van der Waals surface area contributed by atoms with Crippen molar-refractivity contribution in [1.29, 1.82) is 0 Å². The van der Waals surface area contributed by atoms with Gasteiger partial charge in [-0.1, -0.05) is 17.7 Å². The fourth-order valence-corrected chi connectivity index (χ4v) is 2.92. The molecule has 1 aromatic carbocycles. The number of carbonyl (C=O) groups is 1. The van der Waals surface area contributed by atoms with Crippen molar-refractivity contribution in [2.24, 2.45) is 0 Å². The van der Waals surface area contributed by atoms with Gasteiger partial charge in [0, 0.05) is 30.7 Å². The Morgan fingerprint density at radius 3 is 2.81 bits per heavy atom. The molecule has 0 aliphatic rings. The highest BCUT2D eigenvalue weighted by Gasteiger charge is 2.16. The third kappa shape index (κ3) is 4.08. The number of likely N-dealkylation sites (N-methyl/N-ethyl adjacent to an activating group) is 1. The summed E-state index contributed by atoms with van der Waals surface area (Å²) in [5.74, 6) is 0.0752. The number of aryl methyl sites for hydroxylation is 1. The Morgan fingerprint density at radius 1 is 1.33 bits per heavy atom. The number of nitrogens with one attached hydrogen (secondary N) is 1. The molecule has 2 aromatic rings. The number of benzene rings is 1. The van der Waals surface area contributed by atoms with E-state index in [4.69, 9.17) is 0 Å². The highest BCUT2D eigenvalue weighted by molar-refractivity contribution is 7.09. The van der Waals surface area contributed by atoms with Crippen LogP contribution in [0.4, 0.5) is 5.69 Å². The third-order valence-electron chi connectivity index (χ3n) is 3.39. The van der Waals surface area contributed by atoms with E-state index in [2.05, 4.69) is 16.8 Å². The molecule has 1 N–H and O–H groups in total. The van der Waals surface area contributed by atoms with E-state index in [0.717, 1.165) is 36.3 Å². The third-order valence-corrected chi connectivity index (χ3v) is 4.33. The van der Waals surface area contributed by atoms with Crippen molar-refractivity contribution in [3.05, 3.63) is 51.7 Å². The maximum absolute atomic E-state index is 12.6. The number of amides is 1. The maximum atomic E-state index is 12.6. The molecule has 112 valence electrons. The van der Waals surface area contributed by atoms with Crippen molar-refractivity contribution in [2.45, 2.75) is 20.3 Å². The summed E-state index contributed by atoms with van der Waals surface area (Å²) in [6, 6.07) is 10.1. The number of nitrogens with zero attached hydrogens (tertiary/aromatic N) is 1. The molecule has 1 heterocycles. The molecule has 0 atom stereocenters. The van der Waals surface area contributed by atoms with E-state index < -0.39 is 0 Å². The van der Waals surface area contributed by atoms with Crippen molar-refractivity contribution in [3.63, 3.8) is 0 Å². The van der Waals surface area contributed by atoms with Gasteiger partial charge in [0.1, 0.15) is 0 Å². The van der Waals surface area contributed by atoms with Crippen molar-refractivity contribution < 1.29 is 4.79 Å². The zero-order valence-electron chi connectivity index (χ0n) is 12.8. The lowest BCUT2D eigenvalue weighted by Gasteiger charge is -2.19. The number of hydrogen-bond donors (Lipinski definition) is 1. The molecule has 0 unspecified atom stereocenters. The SMILES string of the molecule is CCNc1ccc(C)cc1C(=O)N(C)CCc1cccs1. The van der Waals surface area contributed by atoms with Crippen LogP contribution in [-0.2, 0) is 6.42 Å². The van der Waals surface area contributed by atoms with E-state index >= 15 is 0 Å². The lowest BCUT2D eigenvalue weighted by molar-refractivity contribution is 0.0797. The van der Waals surface area contributed by atoms with Gasteiger partial charge < -0.3 is 10.2 Å². The van der Waals surface area contributed by atoms with Crippen molar-refractivity contribution >= 4 is 22.9 Å². The topological polar surface area (TPSA) is 32.3 Å². The van der Waals surface area contributed by atoms with E-state index in [1.54, 1.807) is 16.2 Å². The van der Waals surface area contributed by atoms with Gasteiger partial charge in [0.2, 0.25) is 0 Å². The van der Waals surface area contributed by atoms with Gasteiger partial charge >= 0.3 is 0 Å². The first-order valence-electron chi connectivity index (χ1n) is 7.24. The van der Waals surface area contributed by atoms with E-state index in [9.17, 15) is 4.79 Å². The van der Waals surface area contributed by atoms with Crippen molar-refractivity contribution in [3.8, 4) is 0 Å². The van der Waals surface area contributed by atoms with Crippen molar-refractivity contribution in [2.75, 3.05) is 25.5 Å². The summed E-state index contributed by atoms with van der Waals surface area (Å²) in [6.45, 7) is 5.59. The Hall–Kier alpha value is -1.81. The molecule has 0 aliphatic carbocycles. The Balaban J connectivity index is 2.09. The standard InChI is InChI=1S/C17H22N2OS/c1-4-18-16-8-7-13(2)12-15(16)17(20)19(3)10-9-14-6-5-11-21-14/h5-8,11-12,18H,4,9-10H2,1-3H3. The fraction of sp³-hybridized carbons (Fsp3) is 0.353. The first-order chi connectivity index (χ1) is 10.1. The average Bonchev–Trinajstić information content (AvgIpc) is 2.99. The van der Waals surface area contributed by atoms with Gasteiger partial charge in [-0.15, -0.1) is 11.3 Å². The second kappa shape index (κ2) is 7.27. The average molecular weight is 302 g/mol. The molecule has 1 amide bonds. The van der Waals surface area contributed by atoms with Crippen LogP contribution in [0, 0.1) is 6.92 Å². The molecule has 0 saturated heterocycles. The van der Waals surface area contributed by atoms with Crippen LogP contribution in [0.1, 0.15) is 27.7 Å². The minimum Gasteiger partial charge on any atom is -0.385 e. The molecule has 21 heavy (non-hydrogen) atoms. The largest absolute Gasteiger partial charge is 0.385 e. The van der Waals surface area contributed by atoms with Crippen LogP contribution in [0.25, 0.3) is 0 Å². The molecule has 0 radical (unpaired) electrons. The van der Waals surface area contributed by atoms with Crippen LogP contribution in [0.2, 0.25) is 0 Å². The number of carbonyl (C=O) groups excluding carboxylic acids is 1. The second-order valence-electron chi connectivity index (χ2n) is 5.14. The molecule has 4 heteroatoms. The van der Waals surface area contributed by atoms with Gasteiger partial charge in [0.15, 0.2) is 0 Å². The summed E-state index contributed by atoms with van der Waals surface area (Å²) in [5.41, 5.74) is 2.77. The summed E-state index contributed by atoms with van der Waals surface area (Å²) >= 11 is 1.74. The van der Waals surface area contributed by atoms with Gasteiger partial charge in [-0.2, -0.15) is 0 Å². The Kier molecular flexibility index (Phi) is 5.39. The van der Waals surface area contributed by atoms with E-state index in [-0.39, 0.29) is 5.91 Å². The highest BCUT2D eigenvalue weighted by Crippen LogP contribution is 2.19. The predicted octanol–water partition coefficient (Wildman–Crippen LogP) is 3.80. The lowest BCUT2D eigenvalue weighted by Crippen LogP contribution is -2.29. The number of thiophene rings is 1. The first-order valence-corrected chi connectivity index (χ1v) is 8.12. The van der Waals surface area contributed by atoms with Crippen molar-refractivity contribution in [1.82, 2.24) is 4.90 Å². The summed E-state index contributed by atoms with van der Waals surface area (Å²) in [7, 11) is 1.87. The fourth-order valence-electron chi connectivity index (χ4n) is 2.22. The summed E-state index contributed by atoms with van der Waals surface area (Å²) in [4.78, 5) is 15.8. The molecule has 0 aliphatic heterocycles. The molecule has 0 bridgehead atoms. The molecule has 0 saturated carbocycles. The molecule has 1 aromatic heterocycles. The quantitative estimate of drug-likeness (QED) is 0.880. The smallest absolute Gasteiger partial charge is 0.255 e. The summed E-state index contributed by atoms with van der Waals surface area (Å²) in [6.07, 6.45) is 0.905. The zero-order valence-corrected chi connectivity index (χ0v) is 13.7. The van der Waals surface area contributed by atoms with Crippen LogP contribution in [0.5, 0.6) is 0 Å². The monoisotopic (exact) mass is 302 g/mol. The molecular formula is C17H22N2OS. The number of hydrogen-bond acceptors (Lipinski definition) is 3. The number of anilines is 1. The van der Waals surface area contributed by atoms with Gasteiger partial charge in [-0.05, 0) is 43.8 Å². The second-order valence-corrected chi connectivity index (χ2v) is 6.17. The minimum atomic E-state index is 0.0752. The Labute approximate surface area is 130 Å². The Bertz CT molecular complexity index is 593. The lowest BCUT2D eigenvalue weighted by atomic mass is 10.1. The molecule has 2 rings (SSSR count). The van der Waals surface area contributed by atoms with Gasteiger partial charge in [0.25, 0.3) is 5.91 Å². The van der Waals surface area contributed by atoms with E-state index in [0.29, 0.717) is 0 Å². The summed E-state index contributed by atoms with van der Waals surface area (Å²) in [5, 5.41) is 5.33. The normalized spacial score (nSPS) is 10.4. The molecular weight excluding hydrogens is 280 g/mol. The summed E-state index contributed by atoms with van der Waals surface area (Å²) < 4.78 is 0. The molecule has 0 spiro atoms. The molecule has 0 fully saturated rings. The van der Waals surface area contributed by atoms with Crippen LogP contribution < -0.4 is 5.32 Å². The highest BCUT2D eigenvalue weighted by atomic mass is 32.1. The Morgan fingerprint density at radius 2 is 2.14 bits per heavy atom. The van der Waals surface area contributed by atoms with Crippen LogP contribution in [0.15, 0.2) is 35.7 Å². The van der Waals surface area contributed by atoms with Gasteiger partial charge in [-0.25, -0.2) is 0 Å².